The van der Waals surface area contributed by atoms with Crippen LogP contribution >= 0.6 is 47.2 Å². The molecule has 0 unspecified atom stereocenters. The van der Waals surface area contributed by atoms with Crippen LogP contribution in [0.2, 0.25) is 0 Å². The van der Waals surface area contributed by atoms with E-state index in [4.69, 9.17) is 34.8 Å². The van der Waals surface area contributed by atoms with Crippen LogP contribution in [0.1, 0.15) is 22.3 Å². The Morgan fingerprint density at radius 2 is 1.32 bits per heavy atom. The second kappa shape index (κ2) is 13.9. The van der Waals surface area contributed by atoms with Crippen molar-refractivity contribution in [2.24, 2.45) is 0 Å². The molecular weight excluding hydrogens is 370 g/mol. The summed E-state index contributed by atoms with van der Waals surface area (Å²) in [7, 11) is 7.80. The summed E-state index contributed by atoms with van der Waals surface area (Å²) in [5.41, 5.74) is 0. The molecule has 0 amide bonds. The molecule has 1 saturated heterocycles. The molecule has 2 heterocycles. The fourth-order valence-electron chi connectivity index (χ4n) is 1.64. The largest absolute Gasteiger partial charge is 0.412 e. The predicted molar refractivity (Wildman–Crippen MR) is 105 cm³/mol. The lowest BCUT2D eigenvalue weighted by molar-refractivity contribution is -0.484. The Morgan fingerprint density at radius 3 is 1.41 bits per heavy atom. The van der Waals surface area contributed by atoms with Crippen LogP contribution in [0.15, 0.2) is 0 Å². The highest BCUT2D eigenvalue weighted by Gasteiger charge is 2.39. The number of alkyl halides is 2. The average Bonchev–Trinajstić information content (AvgIpc) is 2.68. The van der Waals surface area contributed by atoms with E-state index >= 15 is 0 Å². The number of likely N-dealkylation sites (N-methyl/N-ethyl adjacent to an activating group) is 4. The number of amidine groups is 1. The summed E-state index contributed by atoms with van der Waals surface area (Å²) in [6, 6.07) is 0. The highest BCUT2D eigenvalue weighted by atomic mass is 35.5. The van der Waals surface area contributed by atoms with Gasteiger partial charge in [0.05, 0.1) is 14.1 Å². The molecule has 2 N–H and O–H groups in total. The van der Waals surface area contributed by atoms with Crippen molar-refractivity contribution in [3.8, 4) is 0 Å². The lowest BCUT2D eigenvalue weighted by atomic mass is 10.6. The average molecular weight is 405 g/mol. The fraction of sp³-hybridized carbons (Fsp3) is 0.923. The molecule has 9 heteroatoms. The highest BCUT2D eigenvalue weighted by molar-refractivity contribution is 6.63. The van der Waals surface area contributed by atoms with Crippen LogP contribution in [0.25, 0.3) is 0 Å². The van der Waals surface area contributed by atoms with E-state index in [9.17, 15) is 0 Å². The van der Waals surface area contributed by atoms with Gasteiger partial charge in [0.15, 0.2) is 0 Å². The molecule has 0 aromatic carbocycles. The summed E-state index contributed by atoms with van der Waals surface area (Å²) in [6.45, 7) is 3.97. The first kappa shape index (κ1) is 34.0. The third-order valence-electron chi connectivity index (χ3n) is 3.09. The molecule has 0 aromatic heterocycles. The molecule has 2 aliphatic rings. The van der Waals surface area contributed by atoms with Crippen LogP contribution in [-0.4, -0.2) is 89.0 Å². The Morgan fingerprint density at radius 1 is 0.955 bits per heavy atom. The van der Waals surface area contributed by atoms with E-state index in [1.807, 2.05) is 47.5 Å². The second-order valence-corrected chi connectivity index (χ2v) is 6.05. The molecule has 0 atom stereocenters. The molecule has 2 rings (SSSR count). The monoisotopic (exact) mass is 403 g/mol. The molecule has 22 heavy (non-hydrogen) atoms. The van der Waals surface area contributed by atoms with E-state index in [1.54, 1.807) is 0 Å². The zero-order chi connectivity index (χ0) is 13.2. The smallest absolute Gasteiger partial charge is 0.344 e. The van der Waals surface area contributed by atoms with Crippen LogP contribution in [0.5, 0.6) is 0 Å². The van der Waals surface area contributed by atoms with Gasteiger partial charge in [-0.3, -0.25) is 19.3 Å². The maximum absolute atomic E-state index is 5.89. The van der Waals surface area contributed by atoms with E-state index in [0.29, 0.717) is 0 Å². The molecular formula is C13H35Cl4N4O+. The van der Waals surface area contributed by atoms with Crippen molar-refractivity contribution in [3.05, 3.63) is 0 Å². The van der Waals surface area contributed by atoms with Gasteiger partial charge in [-0.25, -0.2) is 0 Å². The standard InChI is InChI=1S/C5H10Cl2N2.C5H10ClN2.3CH4.ClH.H2O/c1-8-3-4-9(2)5(8,6)7;1-7-3-4-8(2)5(7)6;;;;;/h3-4H2,1-2H3;3-4H2,1-2H3;3*1H4;1H;1H2/q;+1;;;;;. The van der Waals surface area contributed by atoms with Crippen molar-refractivity contribution in [2.45, 2.75) is 26.9 Å². The summed E-state index contributed by atoms with van der Waals surface area (Å²) in [5, 5.41) is 0.852. The van der Waals surface area contributed by atoms with Crippen LogP contribution in [-0.2, 0) is 0 Å². The molecule has 140 valence electrons. The van der Waals surface area contributed by atoms with Crippen LogP contribution in [0, 0.1) is 0 Å². The minimum atomic E-state index is -0.778. The molecule has 0 bridgehead atoms. The molecule has 2 aliphatic heterocycles. The molecule has 0 spiro atoms. The van der Waals surface area contributed by atoms with Crippen LogP contribution < -0.4 is 0 Å². The van der Waals surface area contributed by atoms with Crippen molar-refractivity contribution < 1.29 is 10.1 Å². The van der Waals surface area contributed by atoms with Gasteiger partial charge in [-0.2, -0.15) is 0 Å². The Kier molecular flexibility index (Phi) is 21.5. The van der Waals surface area contributed by atoms with Gasteiger partial charge < -0.3 is 5.48 Å². The summed E-state index contributed by atoms with van der Waals surface area (Å²) >= 11 is 17.6. The van der Waals surface area contributed by atoms with Gasteiger partial charge in [0.2, 0.25) is 4.58 Å². The van der Waals surface area contributed by atoms with Crippen molar-refractivity contribution in [1.29, 1.82) is 0 Å². The van der Waals surface area contributed by atoms with Crippen LogP contribution in [0.4, 0.5) is 0 Å². The van der Waals surface area contributed by atoms with Crippen LogP contribution in [0.3, 0.4) is 0 Å². The minimum Gasteiger partial charge on any atom is -0.412 e. The van der Waals surface area contributed by atoms with Gasteiger partial charge in [-0.15, -0.1) is 12.4 Å². The topological polar surface area (TPSA) is 44.2 Å². The number of rotatable bonds is 0. The lowest BCUT2D eigenvalue weighted by Gasteiger charge is -2.27. The first-order chi connectivity index (χ1) is 7.76. The molecule has 0 saturated carbocycles. The summed E-state index contributed by atoms with van der Waals surface area (Å²) < 4.78 is 1.25. The highest BCUT2D eigenvalue weighted by Crippen LogP contribution is 2.31. The van der Waals surface area contributed by atoms with Gasteiger partial charge in [-0.05, 0) is 14.1 Å². The Labute approximate surface area is 158 Å². The second-order valence-electron chi connectivity index (χ2n) is 4.46. The first-order valence-electron chi connectivity index (χ1n) is 5.52. The number of nitrogens with zero attached hydrogens (tertiary/aromatic N) is 4. The molecule has 0 aromatic rings. The minimum absolute atomic E-state index is 0. The maximum Gasteiger partial charge on any atom is 0.344 e. The SMILES string of the molecule is C.C.C.CN1CCN(C)C1(Cl)Cl.CN1CC[N+](C)=C1Cl.Cl.O. The number of halogens is 4. The third-order valence-corrected chi connectivity index (χ3v) is 4.82. The van der Waals surface area contributed by atoms with E-state index in [1.165, 1.54) is 0 Å². The van der Waals surface area contributed by atoms with Gasteiger partial charge in [0, 0.05) is 24.7 Å². The van der Waals surface area contributed by atoms with Gasteiger partial charge in [0.1, 0.15) is 13.1 Å². The molecule has 0 aliphatic carbocycles. The summed E-state index contributed by atoms with van der Waals surface area (Å²) in [4.78, 5) is 5.83. The van der Waals surface area contributed by atoms with Gasteiger partial charge in [0.25, 0.3) is 0 Å². The molecule has 1 fully saturated rings. The molecule has 5 nitrogen and oxygen atoms in total. The lowest BCUT2D eigenvalue weighted by Crippen LogP contribution is -2.39. The normalized spacial score (nSPS) is 19.5. The first-order valence-corrected chi connectivity index (χ1v) is 6.65. The number of hydrogen-bond donors (Lipinski definition) is 0. The third kappa shape index (κ3) is 8.39. The van der Waals surface area contributed by atoms with Crippen molar-refractivity contribution in [3.63, 3.8) is 0 Å². The van der Waals surface area contributed by atoms with E-state index in [-0.39, 0.29) is 40.2 Å². The summed E-state index contributed by atoms with van der Waals surface area (Å²) in [6.07, 6.45) is 0. The Bertz CT molecular complexity index is 304. The fourth-order valence-corrected chi connectivity index (χ4v) is 2.14. The van der Waals surface area contributed by atoms with E-state index < -0.39 is 4.58 Å². The zero-order valence-corrected chi connectivity index (χ0v) is 14.7. The van der Waals surface area contributed by atoms with E-state index in [0.717, 1.165) is 31.5 Å². The predicted octanol–water partition coefficient (Wildman–Crippen LogP) is 2.63. The van der Waals surface area contributed by atoms with Crippen molar-refractivity contribution in [1.82, 2.24) is 14.7 Å². The van der Waals surface area contributed by atoms with Gasteiger partial charge >= 0.3 is 5.29 Å². The van der Waals surface area contributed by atoms with E-state index in [2.05, 4.69) is 0 Å². The maximum atomic E-state index is 5.89. The Hall–Kier alpha value is 0.510. The van der Waals surface area contributed by atoms with Gasteiger partial charge in [-0.1, -0.05) is 45.5 Å². The van der Waals surface area contributed by atoms with Crippen molar-refractivity contribution >= 4 is 52.5 Å². The Balaban J connectivity index is -0.0000000716. The molecule has 0 radical (unpaired) electrons. The van der Waals surface area contributed by atoms with Crippen molar-refractivity contribution in [2.75, 3.05) is 54.4 Å². The quantitative estimate of drug-likeness (QED) is 0.354. The summed E-state index contributed by atoms with van der Waals surface area (Å²) in [5.74, 6) is 0. The zero-order valence-electron chi connectivity index (χ0n) is 11.7. The number of hydrogen-bond acceptors (Lipinski definition) is 3.